The number of aromatic nitrogens is 3. The minimum Gasteiger partial charge on any atom is -0.427 e. The zero-order chi connectivity index (χ0) is 29.0. The molecule has 1 aliphatic rings. The summed E-state index contributed by atoms with van der Waals surface area (Å²) in [5, 5.41) is 14.9. The van der Waals surface area contributed by atoms with Crippen molar-refractivity contribution in [3.63, 3.8) is 0 Å². The van der Waals surface area contributed by atoms with Gasteiger partial charge in [-0.2, -0.15) is 5.10 Å². The Morgan fingerprint density at radius 2 is 1.98 bits per heavy atom. The summed E-state index contributed by atoms with van der Waals surface area (Å²) in [5.74, 6) is -0.567. The monoisotopic (exact) mass is 561 g/mol. The van der Waals surface area contributed by atoms with Crippen LogP contribution in [0.3, 0.4) is 0 Å². The Balaban J connectivity index is 1.42. The normalized spacial score (nSPS) is 15.9. The number of aryl methyl sites for hydroxylation is 2. The molecular weight excluding hydrogens is 526 g/mol. The van der Waals surface area contributed by atoms with Gasteiger partial charge < -0.3 is 14.7 Å². The summed E-state index contributed by atoms with van der Waals surface area (Å²) in [4.78, 5) is 22.8. The minimum atomic E-state index is -1.08. The van der Waals surface area contributed by atoms with Crippen molar-refractivity contribution in [2.45, 2.75) is 78.6 Å². The number of hydrogen-bond acceptors (Lipinski definition) is 6. The van der Waals surface area contributed by atoms with Crippen molar-refractivity contribution >= 4 is 35.8 Å². The van der Waals surface area contributed by atoms with Crippen LogP contribution in [0.15, 0.2) is 36.4 Å². The zero-order valence-corrected chi connectivity index (χ0v) is 24.9. The van der Waals surface area contributed by atoms with Gasteiger partial charge in [0.25, 0.3) is 5.91 Å². The van der Waals surface area contributed by atoms with Crippen molar-refractivity contribution < 1.29 is 18.9 Å². The third kappa shape index (κ3) is 5.20. The van der Waals surface area contributed by atoms with E-state index in [1.54, 1.807) is 67.8 Å². The van der Waals surface area contributed by atoms with E-state index >= 15 is 4.39 Å². The van der Waals surface area contributed by atoms with E-state index < -0.39 is 17.0 Å². The molecule has 7 nitrogen and oxygen atoms in total. The van der Waals surface area contributed by atoms with Gasteiger partial charge in [0, 0.05) is 33.6 Å². The smallest absolute Gasteiger partial charge is 0.331 e. The number of amides is 1. The average Bonchev–Trinajstić information content (AvgIpc) is 3.49. The maximum absolute atomic E-state index is 15.3. The van der Waals surface area contributed by atoms with E-state index in [1.807, 2.05) is 11.8 Å². The molecule has 209 valence electrons. The Labute approximate surface area is 239 Å². The van der Waals surface area contributed by atoms with E-state index in [1.165, 1.54) is 28.9 Å². The van der Waals surface area contributed by atoms with Crippen LogP contribution in [0, 0.1) is 12.7 Å². The number of thiophene rings is 1. The first-order chi connectivity index (χ1) is 18.8. The number of carbonyl (C=O) groups is 1. The van der Waals surface area contributed by atoms with Crippen molar-refractivity contribution in [3.8, 4) is 11.3 Å². The van der Waals surface area contributed by atoms with Gasteiger partial charge in [-0.3, -0.25) is 4.79 Å². The molecule has 1 amide bonds. The van der Waals surface area contributed by atoms with Gasteiger partial charge in [0.15, 0.2) is 5.65 Å². The predicted molar refractivity (Wildman–Crippen MR) is 157 cm³/mol. The molecule has 0 saturated heterocycles. The van der Waals surface area contributed by atoms with Gasteiger partial charge in [-0.15, -0.1) is 11.3 Å². The molecule has 1 unspecified atom stereocenters. The number of hydrogen-bond donors (Lipinski definition) is 1. The second-order valence-corrected chi connectivity index (χ2v) is 12.8. The molecule has 3 aromatic heterocycles. The zero-order valence-electron chi connectivity index (χ0n) is 24.1. The Kier molecular flexibility index (Phi) is 7.39. The number of carbonyl (C=O) groups excluding carboxylic acids is 1. The molecule has 4 heterocycles. The highest BCUT2D eigenvalue weighted by molar-refractivity contribution is 7.12. The average molecular weight is 562 g/mol. The highest BCUT2D eigenvalue weighted by Crippen LogP contribution is 2.36. The van der Waals surface area contributed by atoms with Crippen LogP contribution in [0.2, 0.25) is 0 Å². The molecule has 1 N–H and O–H groups in total. The van der Waals surface area contributed by atoms with Crippen LogP contribution in [0.25, 0.3) is 16.9 Å². The number of rotatable bonds is 7. The molecule has 0 bridgehead atoms. The maximum atomic E-state index is 15.3. The molecule has 1 atom stereocenters. The molecule has 1 aromatic carbocycles. The SMILES string of the molecule is CCc1cc(C(=O)N2CCc3sc(C)cc3C2C)nc2cc(-c3ccc([B]OC(C)(C)C(C)(C)O)cc3F)nn12. The Morgan fingerprint density at radius 1 is 1.23 bits per heavy atom. The van der Waals surface area contributed by atoms with Gasteiger partial charge in [0.05, 0.1) is 22.9 Å². The predicted octanol–water partition coefficient (Wildman–Crippen LogP) is 5.04. The Bertz CT molecular complexity index is 1590. The summed E-state index contributed by atoms with van der Waals surface area (Å²) < 4.78 is 22.7. The fourth-order valence-electron chi connectivity index (χ4n) is 4.84. The van der Waals surface area contributed by atoms with Crippen LogP contribution >= 0.6 is 11.3 Å². The van der Waals surface area contributed by atoms with E-state index in [2.05, 4.69) is 30.0 Å². The number of benzene rings is 1. The summed E-state index contributed by atoms with van der Waals surface area (Å²) in [6.07, 6.45) is 1.48. The van der Waals surface area contributed by atoms with Crippen molar-refractivity contribution in [1.82, 2.24) is 19.5 Å². The van der Waals surface area contributed by atoms with E-state index in [-0.39, 0.29) is 11.9 Å². The summed E-state index contributed by atoms with van der Waals surface area (Å²) in [6.45, 7) is 13.7. The lowest BCUT2D eigenvalue weighted by Gasteiger charge is -2.37. The molecule has 1 radical (unpaired) electrons. The third-order valence-corrected chi connectivity index (χ3v) is 9.16. The van der Waals surface area contributed by atoms with Gasteiger partial charge >= 0.3 is 7.48 Å². The van der Waals surface area contributed by atoms with E-state index in [4.69, 9.17) is 4.65 Å². The molecule has 40 heavy (non-hydrogen) atoms. The topological polar surface area (TPSA) is 80.0 Å². The van der Waals surface area contributed by atoms with E-state index in [0.717, 1.165) is 12.1 Å². The number of fused-ring (bicyclic) bond motifs is 2. The summed E-state index contributed by atoms with van der Waals surface area (Å²) >= 11 is 1.80. The Morgan fingerprint density at radius 3 is 2.65 bits per heavy atom. The van der Waals surface area contributed by atoms with Crippen molar-refractivity contribution in [1.29, 1.82) is 0 Å². The molecule has 0 fully saturated rings. The molecule has 10 heteroatoms. The van der Waals surface area contributed by atoms with Crippen LogP contribution in [0.1, 0.15) is 79.1 Å². The number of halogens is 1. The lowest BCUT2D eigenvalue weighted by molar-refractivity contribution is -0.0893. The lowest BCUT2D eigenvalue weighted by atomic mass is 9.82. The van der Waals surface area contributed by atoms with Gasteiger partial charge in [-0.25, -0.2) is 13.9 Å². The van der Waals surface area contributed by atoms with Crippen LogP contribution in [0.4, 0.5) is 4.39 Å². The fourth-order valence-corrected chi connectivity index (χ4v) is 5.96. The molecule has 0 aliphatic carbocycles. The molecule has 0 spiro atoms. The Hall–Kier alpha value is -3.08. The summed E-state index contributed by atoms with van der Waals surface area (Å²) in [7, 11) is 1.45. The number of nitrogens with zero attached hydrogens (tertiary/aromatic N) is 4. The van der Waals surface area contributed by atoms with Crippen molar-refractivity contribution in [2.75, 3.05) is 6.54 Å². The first-order valence-electron chi connectivity index (χ1n) is 13.6. The summed E-state index contributed by atoms with van der Waals surface area (Å²) in [5.41, 5.74) is 2.25. The number of aliphatic hydroxyl groups is 1. The van der Waals surface area contributed by atoms with Crippen molar-refractivity contribution in [2.24, 2.45) is 0 Å². The molecule has 4 aromatic rings. The lowest BCUT2D eigenvalue weighted by Crippen LogP contribution is -2.49. The molecule has 0 saturated carbocycles. The first-order valence-corrected chi connectivity index (χ1v) is 14.4. The third-order valence-electron chi connectivity index (χ3n) is 8.04. The molecule has 5 rings (SSSR count). The minimum absolute atomic E-state index is 0.0211. The standard InChI is InChI=1S/C30H35BFN4O3S/c1-8-20-15-25(28(37)35-12-11-26-22(18(35)3)13-17(2)40-26)33-27-16-24(34-36(20)27)21-10-9-19(14-23(21)32)31-39-30(6,7)29(4,5)38/h9-10,13-16,18,38H,8,11-12H2,1-7H3. The van der Waals surface area contributed by atoms with Crippen LogP contribution in [0.5, 0.6) is 0 Å². The first kappa shape index (κ1) is 28.5. The summed E-state index contributed by atoms with van der Waals surface area (Å²) in [6, 6.07) is 10.4. The van der Waals surface area contributed by atoms with Crippen LogP contribution in [-0.4, -0.2) is 55.7 Å². The quantitative estimate of drug-likeness (QED) is 0.320. The largest absolute Gasteiger partial charge is 0.427 e. The van der Waals surface area contributed by atoms with Crippen LogP contribution in [-0.2, 0) is 17.5 Å². The molecule has 1 aliphatic heterocycles. The highest BCUT2D eigenvalue weighted by Gasteiger charge is 2.36. The van der Waals surface area contributed by atoms with Gasteiger partial charge in [0.1, 0.15) is 11.5 Å². The van der Waals surface area contributed by atoms with Gasteiger partial charge in [0.2, 0.25) is 0 Å². The highest BCUT2D eigenvalue weighted by atomic mass is 32.1. The van der Waals surface area contributed by atoms with E-state index in [0.29, 0.717) is 41.0 Å². The second kappa shape index (κ2) is 10.4. The fraction of sp³-hybridized carbons (Fsp3) is 0.433. The van der Waals surface area contributed by atoms with Gasteiger partial charge in [-0.1, -0.05) is 24.5 Å². The maximum Gasteiger partial charge on any atom is 0.331 e. The second-order valence-electron chi connectivity index (χ2n) is 11.5. The van der Waals surface area contributed by atoms with Crippen molar-refractivity contribution in [3.05, 3.63) is 68.9 Å². The van der Waals surface area contributed by atoms with E-state index in [9.17, 15) is 9.90 Å². The van der Waals surface area contributed by atoms with Gasteiger partial charge in [-0.05, 0) is 78.1 Å². The van der Waals surface area contributed by atoms with Crippen LogP contribution < -0.4 is 5.46 Å². The molecular formula is C30H35BFN4O3S.